The molecule has 0 fully saturated rings. The summed E-state index contributed by atoms with van der Waals surface area (Å²) in [5.74, 6) is -0.855. The lowest BCUT2D eigenvalue weighted by atomic mass is 10.2. The van der Waals surface area contributed by atoms with E-state index in [-0.39, 0.29) is 5.69 Å². The third kappa shape index (κ3) is 3.90. The first kappa shape index (κ1) is 14.8. The number of aromatic nitrogens is 3. The molecule has 0 spiro atoms. The molecule has 7 heteroatoms. The molecule has 0 aromatic carbocycles. The van der Waals surface area contributed by atoms with Crippen LogP contribution in [0.4, 0.5) is 0 Å². The van der Waals surface area contributed by atoms with E-state index in [0.717, 1.165) is 31.0 Å². The standard InChI is InChI=1S/C11H19N3O3S/c1-3-5-6-8(9(15)16)18-11-13-12-10(17)14(11)7-4-2/h8H,3-7H2,1-2H3,(H,12,17)(H,15,16). The average molecular weight is 273 g/mol. The molecule has 0 aliphatic carbocycles. The summed E-state index contributed by atoms with van der Waals surface area (Å²) >= 11 is 1.15. The fourth-order valence-electron chi connectivity index (χ4n) is 1.56. The number of carbonyl (C=O) groups is 1. The van der Waals surface area contributed by atoms with Gasteiger partial charge in [0.15, 0.2) is 5.16 Å². The van der Waals surface area contributed by atoms with Crippen LogP contribution >= 0.6 is 11.8 Å². The fraction of sp³-hybridized carbons (Fsp3) is 0.727. The Morgan fingerprint density at radius 3 is 2.78 bits per heavy atom. The number of hydrogen-bond acceptors (Lipinski definition) is 4. The maximum absolute atomic E-state index is 11.5. The zero-order valence-electron chi connectivity index (χ0n) is 10.7. The van der Waals surface area contributed by atoms with Gasteiger partial charge in [0.25, 0.3) is 0 Å². The summed E-state index contributed by atoms with van der Waals surface area (Å²) in [5, 5.41) is 15.3. The van der Waals surface area contributed by atoms with Crippen molar-refractivity contribution in [2.45, 2.75) is 56.5 Å². The van der Waals surface area contributed by atoms with E-state index in [1.54, 1.807) is 0 Å². The van der Waals surface area contributed by atoms with Gasteiger partial charge in [-0.15, -0.1) is 5.10 Å². The van der Waals surface area contributed by atoms with E-state index in [0.29, 0.717) is 18.1 Å². The van der Waals surface area contributed by atoms with Gasteiger partial charge in [-0.2, -0.15) is 0 Å². The number of unbranched alkanes of at least 4 members (excludes halogenated alkanes) is 1. The highest BCUT2D eigenvalue weighted by molar-refractivity contribution is 8.00. The highest BCUT2D eigenvalue weighted by atomic mass is 32.2. The Labute approximate surface area is 110 Å². The lowest BCUT2D eigenvalue weighted by Gasteiger charge is -2.11. The Hall–Kier alpha value is -1.24. The van der Waals surface area contributed by atoms with Gasteiger partial charge in [-0.25, -0.2) is 9.89 Å². The second-order valence-electron chi connectivity index (χ2n) is 4.05. The summed E-state index contributed by atoms with van der Waals surface area (Å²) in [7, 11) is 0. The molecule has 1 atom stereocenters. The SMILES string of the molecule is CCCCC(Sc1n[nH]c(=O)n1CCC)C(=O)O. The molecule has 1 rings (SSSR count). The molecule has 1 aromatic heterocycles. The van der Waals surface area contributed by atoms with Crippen LogP contribution in [0, 0.1) is 0 Å². The van der Waals surface area contributed by atoms with Gasteiger partial charge in [-0.3, -0.25) is 9.36 Å². The predicted octanol–water partition coefficient (Wildman–Crippen LogP) is 1.72. The van der Waals surface area contributed by atoms with Gasteiger partial charge in [0.2, 0.25) is 0 Å². The third-order valence-corrected chi connectivity index (χ3v) is 3.76. The van der Waals surface area contributed by atoms with Crippen molar-refractivity contribution >= 4 is 17.7 Å². The number of aromatic amines is 1. The van der Waals surface area contributed by atoms with E-state index < -0.39 is 11.2 Å². The van der Waals surface area contributed by atoms with Gasteiger partial charge in [0.05, 0.1) is 0 Å². The molecule has 0 radical (unpaired) electrons. The summed E-state index contributed by atoms with van der Waals surface area (Å²) in [6.07, 6.45) is 3.20. The Bertz CT molecular complexity index is 441. The number of hydrogen-bond donors (Lipinski definition) is 2. The lowest BCUT2D eigenvalue weighted by Crippen LogP contribution is -2.20. The van der Waals surface area contributed by atoms with Crippen molar-refractivity contribution < 1.29 is 9.90 Å². The smallest absolute Gasteiger partial charge is 0.343 e. The third-order valence-electron chi connectivity index (χ3n) is 2.51. The van der Waals surface area contributed by atoms with Crippen LogP contribution in [0.15, 0.2) is 9.95 Å². The van der Waals surface area contributed by atoms with Crippen LogP contribution in [0.2, 0.25) is 0 Å². The lowest BCUT2D eigenvalue weighted by molar-refractivity contribution is -0.136. The van der Waals surface area contributed by atoms with Crippen molar-refractivity contribution in [2.75, 3.05) is 0 Å². The zero-order valence-corrected chi connectivity index (χ0v) is 11.5. The second-order valence-corrected chi connectivity index (χ2v) is 5.22. The molecule has 0 amide bonds. The monoisotopic (exact) mass is 273 g/mol. The van der Waals surface area contributed by atoms with Crippen LogP contribution in [-0.2, 0) is 11.3 Å². The fourth-order valence-corrected chi connectivity index (χ4v) is 2.60. The molecule has 1 heterocycles. The molecule has 2 N–H and O–H groups in total. The van der Waals surface area contributed by atoms with Gasteiger partial charge in [0.1, 0.15) is 5.25 Å². The molecule has 0 saturated heterocycles. The van der Waals surface area contributed by atoms with Crippen molar-refractivity contribution in [2.24, 2.45) is 0 Å². The molecule has 102 valence electrons. The topological polar surface area (TPSA) is 88.0 Å². The van der Waals surface area contributed by atoms with Gasteiger partial charge in [-0.1, -0.05) is 38.5 Å². The summed E-state index contributed by atoms with van der Waals surface area (Å²) in [5.41, 5.74) is -0.279. The molecule has 18 heavy (non-hydrogen) atoms. The summed E-state index contributed by atoms with van der Waals surface area (Å²) < 4.78 is 1.49. The van der Waals surface area contributed by atoms with E-state index in [2.05, 4.69) is 10.2 Å². The summed E-state index contributed by atoms with van der Waals surface area (Å²) in [6.45, 7) is 4.53. The summed E-state index contributed by atoms with van der Waals surface area (Å²) in [6, 6.07) is 0. The largest absolute Gasteiger partial charge is 0.480 e. The number of carboxylic acids is 1. The number of nitrogens with zero attached hydrogens (tertiary/aromatic N) is 2. The molecular weight excluding hydrogens is 254 g/mol. The van der Waals surface area contributed by atoms with E-state index in [4.69, 9.17) is 5.11 Å². The molecule has 6 nitrogen and oxygen atoms in total. The Morgan fingerprint density at radius 1 is 1.50 bits per heavy atom. The van der Waals surface area contributed by atoms with Crippen LogP contribution in [0.3, 0.4) is 0 Å². The highest BCUT2D eigenvalue weighted by Gasteiger charge is 2.21. The Balaban J connectivity index is 2.80. The first-order valence-electron chi connectivity index (χ1n) is 6.14. The number of nitrogens with one attached hydrogen (secondary N) is 1. The van der Waals surface area contributed by atoms with Gasteiger partial charge < -0.3 is 5.11 Å². The number of H-pyrrole nitrogens is 1. The minimum atomic E-state index is -0.855. The zero-order chi connectivity index (χ0) is 13.5. The van der Waals surface area contributed by atoms with Crippen molar-refractivity contribution in [3.63, 3.8) is 0 Å². The Morgan fingerprint density at radius 2 is 2.22 bits per heavy atom. The molecule has 0 aliphatic rings. The highest BCUT2D eigenvalue weighted by Crippen LogP contribution is 2.24. The van der Waals surface area contributed by atoms with Crippen LogP contribution in [-0.4, -0.2) is 31.1 Å². The molecule has 0 bridgehead atoms. The first-order chi connectivity index (χ1) is 8.60. The van der Waals surface area contributed by atoms with E-state index in [1.165, 1.54) is 4.57 Å². The van der Waals surface area contributed by atoms with E-state index >= 15 is 0 Å². The van der Waals surface area contributed by atoms with Crippen molar-refractivity contribution in [3.8, 4) is 0 Å². The van der Waals surface area contributed by atoms with Gasteiger partial charge in [0, 0.05) is 6.54 Å². The summed E-state index contributed by atoms with van der Waals surface area (Å²) in [4.78, 5) is 22.6. The second kappa shape index (κ2) is 7.25. The molecule has 0 aliphatic heterocycles. The van der Waals surface area contributed by atoms with Crippen molar-refractivity contribution in [1.82, 2.24) is 14.8 Å². The quantitative estimate of drug-likeness (QED) is 0.704. The normalized spacial score (nSPS) is 12.6. The average Bonchev–Trinajstić information content (AvgIpc) is 2.67. The van der Waals surface area contributed by atoms with Crippen molar-refractivity contribution in [3.05, 3.63) is 10.5 Å². The number of thioether (sulfide) groups is 1. The molecule has 1 aromatic rings. The minimum absolute atomic E-state index is 0.279. The van der Waals surface area contributed by atoms with Crippen LogP contribution in [0.25, 0.3) is 0 Å². The molecule has 0 saturated carbocycles. The van der Waals surface area contributed by atoms with Crippen LogP contribution in [0.5, 0.6) is 0 Å². The van der Waals surface area contributed by atoms with Crippen LogP contribution < -0.4 is 5.69 Å². The van der Waals surface area contributed by atoms with E-state index in [9.17, 15) is 9.59 Å². The maximum atomic E-state index is 11.5. The number of rotatable bonds is 8. The molecular formula is C11H19N3O3S. The number of carboxylic acid groups (broad SMARTS) is 1. The molecule has 1 unspecified atom stereocenters. The van der Waals surface area contributed by atoms with Gasteiger partial charge in [-0.05, 0) is 12.8 Å². The van der Waals surface area contributed by atoms with Crippen molar-refractivity contribution in [1.29, 1.82) is 0 Å². The minimum Gasteiger partial charge on any atom is -0.480 e. The van der Waals surface area contributed by atoms with Gasteiger partial charge >= 0.3 is 11.7 Å². The maximum Gasteiger partial charge on any atom is 0.343 e. The Kier molecular flexibility index (Phi) is 5.97. The predicted molar refractivity (Wildman–Crippen MR) is 69.9 cm³/mol. The van der Waals surface area contributed by atoms with E-state index in [1.807, 2.05) is 13.8 Å². The van der Waals surface area contributed by atoms with Crippen LogP contribution in [0.1, 0.15) is 39.5 Å². The number of aliphatic carboxylic acids is 1. The first-order valence-corrected chi connectivity index (χ1v) is 7.02.